The van der Waals surface area contributed by atoms with Gasteiger partial charge in [-0.25, -0.2) is 0 Å². The lowest BCUT2D eigenvalue weighted by Gasteiger charge is -2.08. The molecule has 18 heavy (non-hydrogen) atoms. The van der Waals surface area contributed by atoms with E-state index >= 15 is 0 Å². The summed E-state index contributed by atoms with van der Waals surface area (Å²) in [5, 5.41) is 0. The van der Waals surface area contributed by atoms with E-state index in [0.717, 1.165) is 11.3 Å². The van der Waals surface area contributed by atoms with E-state index in [9.17, 15) is 4.79 Å². The van der Waals surface area contributed by atoms with Gasteiger partial charge in [0.15, 0.2) is 17.3 Å². The average Bonchev–Trinajstić information content (AvgIpc) is 3.18. The number of Topliss-reactive ketones (excluding diaryl/α,β-unsaturated/α-hetero) is 1. The molecule has 1 unspecified atom stereocenters. The first-order valence-electron chi connectivity index (χ1n) is 6.65. The zero-order valence-corrected chi connectivity index (χ0v) is 10.6. The van der Waals surface area contributed by atoms with E-state index in [1.54, 1.807) is 0 Å². The number of ketones is 1. The summed E-state index contributed by atoms with van der Waals surface area (Å²) in [6.07, 6.45) is 3.08. The summed E-state index contributed by atoms with van der Waals surface area (Å²) in [6.45, 7) is 3.40. The van der Waals surface area contributed by atoms with Crippen LogP contribution in [0.2, 0.25) is 0 Å². The van der Waals surface area contributed by atoms with Crippen molar-refractivity contribution in [2.24, 2.45) is 11.8 Å². The minimum absolute atomic E-state index is 0.223. The molecule has 96 valence electrons. The standard InChI is InChI=1S/C15H18O3/c1-10-8-17-14-5-4-12(7-15(14)18-9-10)13(16)6-11-2-3-11/h4-5,7,10-11H,2-3,6,8-9H2,1H3. The quantitative estimate of drug-likeness (QED) is 0.769. The Labute approximate surface area is 107 Å². The van der Waals surface area contributed by atoms with E-state index in [4.69, 9.17) is 9.47 Å². The molecule has 0 bridgehead atoms. The van der Waals surface area contributed by atoms with E-state index in [1.807, 2.05) is 18.2 Å². The van der Waals surface area contributed by atoms with Gasteiger partial charge in [0.1, 0.15) is 0 Å². The van der Waals surface area contributed by atoms with Crippen LogP contribution in [0.15, 0.2) is 18.2 Å². The number of ether oxygens (including phenoxy) is 2. The van der Waals surface area contributed by atoms with Crippen molar-refractivity contribution < 1.29 is 14.3 Å². The third-order valence-electron chi connectivity index (χ3n) is 3.48. The Morgan fingerprint density at radius 2 is 1.94 bits per heavy atom. The molecule has 3 nitrogen and oxygen atoms in total. The second-order valence-corrected chi connectivity index (χ2v) is 5.46. The Bertz CT molecular complexity index is 463. The van der Waals surface area contributed by atoms with Gasteiger partial charge in [0.2, 0.25) is 0 Å². The topological polar surface area (TPSA) is 35.5 Å². The molecule has 1 saturated carbocycles. The van der Waals surface area contributed by atoms with Gasteiger partial charge in [-0.2, -0.15) is 0 Å². The summed E-state index contributed by atoms with van der Waals surface area (Å²) >= 11 is 0. The molecule has 0 N–H and O–H groups in total. The molecule has 1 fully saturated rings. The summed E-state index contributed by atoms with van der Waals surface area (Å²) in [6, 6.07) is 5.54. The molecular weight excluding hydrogens is 228 g/mol. The lowest BCUT2D eigenvalue weighted by atomic mass is 10.1. The summed E-state index contributed by atoms with van der Waals surface area (Å²) in [5.41, 5.74) is 0.749. The molecule has 2 aliphatic rings. The Balaban J connectivity index is 1.79. The lowest BCUT2D eigenvalue weighted by molar-refractivity contribution is 0.0975. The Hall–Kier alpha value is -1.51. The fourth-order valence-corrected chi connectivity index (χ4v) is 2.13. The van der Waals surface area contributed by atoms with Crippen molar-refractivity contribution >= 4 is 5.78 Å². The average molecular weight is 246 g/mol. The van der Waals surface area contributed by atoms with Crippen LogP contribution in [0, 0.1) is 11.8 Å². The van der Waals surface area contributed by atoms with Crippen LogP contribution in [0.4, 0.5) is 0 Å². The minimum atomic E-state index is 0.223. The number of benzene rings is 1. The second kappa shape index (κ2) is 4.63. The zero-order valence-electron chi connectivity index (χ0n) is 10.6. The Morgan fingerprint density at radius 3 is 2.67 bits per heavy atom. The molecular formula is C15H18O3. The van der Waals surface area contributed by atoms with Crippen LogP contribution in [-0.2, 0) is 0 Å². The van der Waals surface area contributed by atoms with Crippen LogP contribution in [0.3, 0.4) is 0 Å². The molecule has 0 amide bonds. The smallest absolute Gasteiger partial charge is 0.163 e. The third-order valence-corrected chi connectivity index (χ3v) is 3.48. The fraction of sp³-hybridized carbons (Fsp3) is 0.533. The molecule has 0 aromatic heterocycles. The van der Waals surface area contributed by atoms with Crippen LogP contribution in [-0.4, -0.2) is 19.0 Å². The number of carbonyl (C=O) groups is 1. The predicted octanol–water partition coefficient (Wildman–Crippen LogP) is 3.08. The zero-order chi connectivity index (χ0) is 12.5. The van der Waals surface area contributed by atoms with E-state index in [1.165, 1.54) is 12.8 Å². The number of rotatable bonds is 3. The highest BCUT2D eigenvalue weighted by Crippen LogP contribution is 2.35. The SMILES string of the molecule is CC1COc2ccc(C(=O)CC3CC3)cc2OC1. The second-order valence-electron chi connectivity index (χ2n) is 5.46. The molecule has 0 spiro atoms. The van der Waals surface area contributed by atoms with Gasteiger partial charge in [0.25, 0.3) is 0 Å². The van der Waals surface area contributed by atoms with Crippen molar-refractivity contribution in [3.05, 3.63) is 23.8 Å². The van der Waals surface area contributed by atoms with Gasteiger partial charge >= 0.3 is 0 Å². The van der Waals surface area contributed by atoms with Crippen molar-refractivity contribution in [3.63, 3.8) is 0 Å². The van der Waals surface area contributed by atoms with E-state index in [2.05, 4.69) is 6.92 Å². The monoisotopic (exact) mass is 246 g/mol. The van der Waals surface area contributed by atoms with Crippen LogP contribution < -0.4 is 9.47 Å². The highest BCUT2D eigenvalue weighted by atomic mass is 16.5. The van der Waals surface area contributed by atoms with Crippen LogP contribution in [0.1, 0.15) is 36.5 Å². The summed E-state index contributed by atoms with van der Waals surface area (Å²) in [4.78, 5) is 12.0. The molecule has 3 heteroatoms. The molecule has 1 atom stereocenters. The number of carbonyl (C=O) groups excluding carboxylic acids is 1. The predicted molar refractivity (Wildman–Crippen MR) is 68.3 cm³/mol. The molecule has 1 aromatic rings. The minimum Gasteiger partial charge on any atom is -0.489 e. The maximum atomic E-state index is 12.0. The number of fused-ring (bicyclic) bond motifs is 1. The third kappa shape index (κ3) is 2.50. The van der Waals surface area contributed by atoms with Crippen LogP contribution in [0.25, 0.3) is 0 Å². The van der Waals surface area contributed by atoms with Gasteiger partial charge in [-0.15, -0.1) is 0 Å². The van der Waals surface area contributed by atoms with Gasteiger partial charge in [0, 0.05) is 17.9 Å². The molecule has 0 saturated heterocycles. The van der Waals surface area contributed by atoms with Crippen LogP contribution >= 0.6 is 0 Å². The van der Waals surface area contributed by atoms with Crippen molar-refractivity contribution in [2.45, 2.75) is 26.2 Å². The molecule has 0 radical (unpaired) electrons. The first kappa shape index (κ1) is 11.6. The first-order valence-corrected chi connectivity index (χ1v) is 6.65. The van der Waals surface area contributed by atoms with Gasteiger partial charge in [-0.1, -0.05) is 6.92 Å². The number of hydrogen-bond donors (Lipinski definition) is 0. The van der Waals surface area contributed by atoms with Crippen LogP contribution in [0.5, 0.6) is 11.5 Å². The number of hydrogen-bond acceptors (Lipinski definition) is 3. The molecule has 1 aliphatic carbocycles. The fourth-order valence-electron chi connectivity index (χ4n) is 2.13. The lowest BCUT2D eigenvalue weighted by Crippen LogP contribution is -2.12. The molecule has 3 rings (SSSR count). The van der Waals surface area contributed by atoms with Crippen molar-refractivity contribution in [2.75, 3.05) is 13.2 Å². The van der Waals surface area contributed by atoms with Crippen molar-refractivity contribution in [1.82, 2.24) is 0 Å². The van der Waals surface area contributed by atoms with E-state index in [0.29, 0.717) is 37.2 Å². The van der Waals surface area contributed by atoms with Crippen molar-refractivity contribution in [1.29, 1.82) is 0 Å². The van der Waals surface area contributed by atoms with Crippen molar-refractivity contribution in [3.8, 4) is 11.5 Å². The van der Waals surface area contributed by atoms with E-state index < -0.39 is 0 Å². The molecule has 1 aromatic carbocycles. The Kier molecular flexibility index (Phi) is 2.98. The normalized spacial score (nSPS) is 22.4. The Morgan fingerprint density at radius 1 is 1.22 bits per heavy atom. The first-order chi connectivity index (χ1) is 8.72. The summed E-state index contributed by atoms with van der Waals surface area (Å²) in [7, 11) is 0. The van der Waals surface area contributed by atoms with E-state index in [-0.39, 0.29) is 5.78 Å². The highest BCUT2D eigenvalue weighted by Gasteiger charge is 2.25. The highest BCUT2D eigenvalue weighted by molar-refractivity contribution is 5.97. The summed E-state index contributed by atoms with van der Waals surface area (Å²) in [5.74, 6) is 2.68. The maximum Gasteiger partial charge on any atom is 0.163 e. The van der Waals surface area contributed by atoms with Gasteiger partial charge in [0.05, 0.1) is 13.2 Å². The maximum absolute atomic E-state index is 12.0. The molecule has 1 aliphatic heterocycles. The van der Waals surface area contributed by atoms with Gasteiger partial charge < -0.3 is 9.47 Å². The van der Waals surface area contributed by atoms with Gasteiger partial charge in [-0.05, 0) is 37.0 Å². The van der Waals surface area contributed by atoms with Gasteiger partial charge in [-0.3, -0.25) is 4.79 Å². The molecule has 1 heterocycles. The largest absolute Gasteiger partial charge is 0.489 e. The summed E-state index contributed by atoms with van der Waals surface area (Å²) < 4.78 is 11.3.